The van der Waals surface area contributed by atoms with Gasteiger partial charge in [0.25, 0.3) is 0 Å². The lowest BCUT2D eigenvalue weighted by Gasteiger charge is -2.30. The van der Waals surface area contributed by atoms with E-state index < -0.39 is 5.60 Å². The third-order valence-corrected chi connectivity index (χ3v) is 2.60. The number of hydrogen-bond acceptors (Lipinski definition) is 3. The molecule has 2 atom stereocenters. The van der Waals surface area contributed by atoms with Crippen molar-refractivity contribution in [2.24, 2.45) is 0 Å². The van der Waals surface area contributed by atoms with E-state index in [1.54, 1.807) is 0 Å². The van der Waals surface area contributed by atoms with Crippen LogP contribution in [0.5, 0.6) is 0 Å². The highest BCUT2D eigenvalue weighted by Crippen LogP contribution is 2.09. The summed E-state index contributed by atoms with van der Waals surface area (Å²) in [5.41, 5.74) is -0.646. The van der Waals surface area contributed by atoms with Crippen LogP contribution in [0.1, 0.15) is 34.1 Å². The minimum atomic E-state index is -0.646. The summed E-state index contributed by atoms with van der Waals surface area (Å²) in [6, 6.07) is 0.568. The highest BCUT2D eigenvalue weighted by molar-refractivity contribution is 4.81. The molecule has 3 heteroatoms. The van der Waals surface area contributed by atoms with Gasteiger partial charge < -0.3 is 15.3 Å². The molecular formula is C11H26N2O. The van der Waals surface area contributed by atoms with Crippen LogP contribution in [0.15, 0.2) is 0 Å². The predicted molar refractivity (Wildman–Crippen MR) is 61.5 cm³/mol. The summed E-state index contributed by atoms with van der Waals surface area (Å²) in [5.74, 6) is 0. The maximum atomic E-state index is 9.74. The molecule has 14 heavy (non-hydrogen) atoms. The first-order valence-electron chi connectivity index (χ1n) is 5.36. The summed E-state index contributed by atoms with van der Waals surface area (Å²) in [5, 5.41) is 13.1. The van der Waals surface area contributed by atoms with Crippen molar-refractivity contribution >= 4 is 0 Å². The van der Waals surface area contributed by atoms with Crippen molar-refractivity contribution in [3.05, 3.63) is 0 Å². The number of aliphatic hydroxyl groups is 1. The van der Waals surface area contributed by atoms with E-state index >= 15 is 0 Å². The second-order valence-corrected chi connectivity index (χ2v) is 5.04. The van der Waals surface area contributed by atoms with Crippen molar-refractivity contribution in [3.8, 4) is 0 Å². The van der Waals surface area contributed by atoms with E-state index in [-0.39, 0.29) is 6.04 Å². The fourth-order valence-electron chi connectivity index (χ4n) is 1.17. The average Bonchev–Trinajstić information content (AvgIpc) is 1.99. The Balaban J connectivity index is 3.77. The molecule has 2 N–H and O–H groups in total. The van der Waals surface area contributed by atoms with Crippen molar-refractivity contribution in [2.45, 2.75) is 51.8 Å². The Kier molecular flexibility index (Phi) is 5.64. The highest BCUT2D eigenvalue weighted by Gasteiger charge is 2.23. The number of rotatable bonds is 6. The summed E-state index contributed by atoms with van der Waals surface area (Å²) < 4.78 is 0. The molecule has 0 aliphatic heterocycles. The van der Waals surface area contributed by atoms with Gasteiger partial charge in [-0.2, -0.15) is 0 Å². The van der Waals surface area contributed by atoms with Crippen LogP contribution in [-0.4, -0.2) is 48.3 Å². The van der Waals surface area contributed by atoms with Crippen molar-refractivity contribution in [3.63, 3.8) is 0 Å². The Morgan fingerprint density at radius 1 is 1.29 bits per heavy atom. The lowest BCUT2D eigenvalue weighted by molar-refractivity contribution is 0.0399. The van der Waals surface area contributed by atoms with Gasteiger partial charge in [-0.25, -0.2) is 0 Å². The average molecular weight is 202 g/mol. The lowest BCUT2D eigenvalue weighted by Crippen LogP contribution is -2.48. The first-order chi connectivity index (χ1) is 6.23. The first-order valence-corrected chi connectivity index (χ1v) is 5.36. The molecule has 0 saturated carbocycles. The van der Waals surface area contributed by atoms with Crippen molar-refractivity contribution in [2.75, 3.05) is 20.6 Å². The van der Waals surface area contributed by atoms with Crippen LogP contribution in [0.4, 0.5) is 0 Å². The van der Waals surface area contributed by atoms with E-state index in [4.69, 9.17) is 0 Å². The van der Waals surface area contributed by atoms with Gasteiger partial charge in [0.1, 0.15) is 0 Å². The maximum Gasteiger partial charge on any atom is 0.0741 e. The Morgan fingerprint density at radius 3 is 2.14 bits per heavy atom. The molecule has 0 amide bonds. The van der Waals surface area contributed by atoms with Crippen molar-refractivity contribution in [1.82, 2.24) is 10.2 Å². The van der Waals surface area contributed by atoms with Gasteiger partial charge in [0, 0.05) is 12.1 Å². The van der Waals surface area contributed by atoms with Crippen LogP contribution in [-0.2, 0) is 0 Å². The van der Waals surface area contributed by atoms with Crippen LogP contribution in [0.25, 0.3) is 0 Å². The predicted octanol–water partition coefficient (Wildman–Crippen LogP) is 1.08. The molecule has 0 aliphatic carbocycles. The minimum Gasteiger partial charge on any atom is -0.389 e. The molecule has 3 nitrogen and oxygen atoms in total. The molecule has 0 aliphatic rings. The van der Waals surface area contributed by atoms with E-state index in [0.29, 0.717) is 6.04 Å². The zero-order chi connectivity index (χ0) is 11.4. The fourth-order valence-corrected chi connectivity index (χ4v) is 1.17. The van der Waals surface area contributed by atoms with Gasteiger partial charge in [-0.3, -0.25) is 0 Å². The summed E-state index contributed by atoms with van der Waals surface area (Å²) >= 11 is 0. The standard InChI is InChI=1S/C11H26N2O/c1-9(7-8-13(5)6)12-10(2)11(3,4)14/h9-10,12,14H,7-8H2,1-6H3. The van der Waals surface area contributed by atoms with Crippen LogP contribution in [0.3, 0.4) is 0 Å². The monoisotopic (exact) mass is 202 g/mol. The smallest absolute Gasteiger partial charge is 0.0741 e. The van der Waals surface area contributed by atoms with Gasteiger partial charge in [0.05, 0.1) is 5.60 Å². The molecule has 0 fully saturated rings. The summed E-state index contributed by atoms with van der Waals surface area (Å²) in [6.45, 7) is 8.93. The molecule has 0 bridgehead atoms. The summed E-state index contributed by atoms with van der Waals surface area (Å²) in [7, 11) is 4.15. The Labute approximate surface area is 88.5 Å². The van der Waals surface area contributed by atoms with E-state index in [1.807, 2.05) is 20.8 Å². The molecule has 0 radical (unpaired) electrons. The lowest BCUT2D eigenvalue weighted by atomic mass is 9.99. The van der Waals surface area contributed by atoms with Crippen LogP contribution in [0.2, 0.25) is 0 Å². The van der Waals surface area contributed by atoms with Gasteiger partial charge in [-0.15, -0.1) is 0 Å². The first kappa shape index (κ1) is 13.9. The van der Waals surface area contributed by atoms with Gasteiger partial charge in [0.15, 0.2) is 0 Å². The van der Waals surface area contributed by atoms with Crippen LogP contribution in [0, 0.1) is 0 Å². The molecule has 86 valence electrons. The SMILES string of the molecule is CC(CCN(C)C)NC(C)C(C)(C)O. The van der Waals surface area contributed by atoms with E-state index in [9.17, 15) is 5.11 Å². The molecule has 0 aromatic carbocycles. The normalized spacial score (nSPS) is 17.1. The van der Waals surface area contributed by atoms with Gasteiger partial charge in [0.2, 0.25) is 0 Å². The maximum absolute atomic E-state index is 9.74. The molecule has 0 saturated heterocycles. The van der Waals surface area contributed by atoms with E-state index in [2.05, 4.69) is 31.2 Å². The summed E-state index contributed by atoms with van der Waals surface area (Å²) in [6.07, 6.45) is 1.10. The van der Waals surface area contributed by atoms with Crippen LogP contribution >= 0.6 is 0 Å². The van der Waals surface area contributed by atoms with E-state index in [0.717, 1.165) is 13.0 Å². The van der Waals surface area contributed by atoms with Gasteiger partial charge in [-0.05, 0) is 54.8 Å². The Bertz CT molecular complexity index is 152. The van der Waals surface area contributed by atoms with Crippen molar-refractivity contribution < 1.29 is 5.11 Å². The quantitative estimate of drug-likeness (QED) is 0.676. The molecule has 0 aromatic rings. The third-order valence-electron chi connectivity index (χ3n) is 2.60. The molecular weight excluding hydrogens is 176 g/mol. The summed E-state index contributed by atoms with van der Waals surface area (Å²) in [4.78, 5) is 2.17. The second-order valence-electron chi connectivity index (χ2n) is 5.04. The highest BCUT2D eigenvalue weighted by atomic mass is 16.3. The minimum absolute atomic E-state index is 0.125. The number of nitrogens with one attached hydrogen (secondary N) is 1. The molecule has 0 heterocycles. The molecule has 0 rings (SSSR count). The second kappa shape index (κ2) is 5.69. The zero-order valence-electron chi connectivity index (χ0n) is 10.5. The number of nitrogens with zero attached hydrogens (tertiary/aromatic N) is 1. The Hall–Kier alpha value is -0.120. The third kappa shape index (κ3) is 6.35. The van der Waals surface area contributed by atoms with Crippen LogP contribution < -0.4 is 5.32 Å². The van der Waals surface area contributed by atoms with E-state index in [1.165, 1.54) is 0 Å². The number of hydrogen-bond donors (Lipinski definition) is 2. The fraction of sp³-hybridized carbons (Fsp3) is 1.00. The van der Waals surface area contributed by atoms with Gasteiger partial charge >= 0.3 is 0 Å². The topological polar surface area (TPSA) is 35.5 Å². The van der Waals surface area contributed by atoms with Gasteiger partial charge in [-0.1, -0.05) is 0 Å². The molecule has 0 spiro atoms. The zero-order valence-corrected chi connectivity index (χ0v) is 10.5. The van der Waals surface area contributed by atoms with Crippen molar-refractivity contribution in [1.29, 1.82) is 0 Å². The largest absolute Gasteiger partial charge is 0.389 e. The Morgan fingerprint density at radius 2 is 1.79 bits per heavy atom. The molecule has 2 unspecified atom stereocenters. The molecule has 0 aromatic heterocycles.